The first-order chi connectivity index (χ1) is 14.2. The van der Waals surface area contributed by atoms with E-state index in [1.54, 1.807) is 0 Å². The lowest BCUT2D eigenvalue weighted by Crippen LogP contribution is -2.40. The minimum Gasteiger partial charge on any atom is -0.357 e. The lowest BCUT2D eigenvalue weighted by Gasteiger charge is -2.31. The number of hydrogen-bond acceptors (Lipinski definition) is 3. The Kier molecular flexibility index (Phi) is 6.02. The fourth-order valence-electron chi connectivity index (χ4n) is 4.12. The zero-order valence-electron chi connectivity index (χ0n) is 17.7. The third-order valence-electron chi connectivity index (χ3n) is 6.43. The summed E-state index contributed by atoms with van der Waals surface area (Å²) in [5, 5.41) is 6.95. The van der Waals surface area contributed by atoms with Gasteiger partial charge in [0, 0.05) is 44.8 Å². The Balaban J connectivity index is 1.27. The first kappa shape index (κ1) is 19.7. The third-order valence-corrected chi connectivity index (χ3v) is 6.43. The lowest BCUT2D eigenvalue weighted by molar-refractivity contribution is 0.436. The van der Waals surface area contributed by atoms with E-state index in [4.69, 9.17) is 4.98 Å². The summed E-state index contributed by atoms with van der Waals surface area (Å²) in [4.78, 5) is 11.5. The van der Waals surface area contributed by atoms with Crippen LogP contribution in [-0.2, 0) is 12.0 Å². The predicted octanol–water partition coefficient (Wildman–Crippen LogP) is 3.71. The van der Waals surface area contributed by atoms with Gasteiger partial charge in [0.1, 0.15) is 5.82 Å². The molecule has 1 aromatic heterocycles. The van der Waals surface area contributed by atoms with Gasteiger partial charge in [-0.2, -0.15) is 0 Å². The van der Waals surface area contributed by atoms with E-state index in [1.165, 1.54) is 36.8 Å². The highest BCUT2D eigenvalue weighted by molar-refractivity contribution is 5.79. The number of piperidine rings is 1. The Morgan fingerprint density at radius 3 is 2.48 bits per heavy atom. The van der Waals surface area contributed by atoms with Crippen molar-refractivity contribution in [2.75, 3.05) is 31.6 Å². The van der Waals surface area contributed by atoms with Crippen LogP contribution in [0.1, 0.15) is 43.7 Å². The van der Waals surface area contributed by atoms with Crippen molar-refractivity contribution in [2.24, 2.45) is 10.9 Å². The second kappa shape index (κ2) is 8.85. The van der Waals surface area contributed by atoms with Crippen LogP contribution in [0.3, 0.4) is 0 Å². The van der Waals surface area contributed by atoms with E-state index in [-0.39, 0.29) is 5.41 Å². The molecule has 2 aromatic rings. The predicted molar refractivity (Wildman–Crippen MR) is 120 cm³/mol. The molecular formula is C24H33N5. The van der Waals surface area contributed by atoms with Gasteiger partial charge in [0.15, 0.2) is 5.96 Å². The van der Waals surface area contributed by atoms with Crippen LogP contribution in [0.25, 0.3) is 0 Å². The van der Waals surface area contributed by atoms with Gasteiger partial charge in [-0.25, -0.2) is 4.98 Å². The molecule has 0 spiro atoms. The zero-order valence-corrected chi connectivity index (χ0v) is 17.7. The first-order valence-electron chi connectivity index (χ1n) is 10.9. The van der Waals surface area contributed by atoms with Gasteiger partial charge >= 0.3 is 0 Å². The average molecular weight is 392 g/mol. The summed E-state index contributed by atoms with van der Waals surface area (Å²) < 4.78 is 0. The van der Waals surface area contributed by atoms with Crippen LogP contribution >= 0.6 is 0 Å². The number of pyridine rings is 1. The van der Waals surface area contributed by atoms with Crippen LogP contribution in [0.4, 0.5) is 5.82 Å². The number of aromatic nitrogens is 1. The monoisotopic (exact) mass is 391 g/mol. The number of anilines is 1. The summed E-state index contributed by atoms with van der Waals surface area (Å²) in [6, 6.07) is 15.1. The molecule has 2 N–H and O–H groups in total. The summed E-state index contributed by atoms with van der Waals surface area (Å²) in [5.41, 5.74) is 2.87. The standard InChI is InChI=1S/C24H33N5/c1-19-10-14-29(15-11-19)22-9-8-20(16-26-22)17-27-23(25-2)28-18-24(12-13-24)21-6-4-3-5-7-21/h3-9,16,19H,10-15,17-18H2,1-2H3,(H2,25,27,28). The quantitative estimate of drug-likeness (QED) is 0.582. The molecular weight excluding hydrogens is 358 g/mol. The molecule has 2 aliphatic rings. The zero-order chi connectivity index (χ0) is 20.1. The van der Waals surface area contributed by atoms with Crippen molar-refractivity contribution in [2.45, 2.75) is 44.6 Å². The summed E-state index contributed by atoms with van der Waals surface area (Å²) >= 11 is 0. The normalized spacial score (nSPS) is 19.1. The smallest absolute Gasteiger partial charge is 0.191 e. The molecule has 1 aromatic carbocycles. The Bertz CT molecular complexity index is 803. The van der Waals surface area contributed by atoms with Crippen LogP contribution in [-0.4, -0.2) is 37.6 Å². The lowest BCUT2D eigenvalue weighted by atomic mass is 9.96. The third kappa shape index (κ3) is 4.89. The van der Waals surface area contributed by atoms with Gasteiger partial charge in [0.05, 0.1) is 0 Å². The van der Waals surface area contributed by atoms with Crippen molar-refractivity contribution in [3.8, 4) is 0 Å². The molecule has 5 heteroatoms. The Morgan fingerprint density at radius 1 is 1.10 bits per heavy atom. The van der Waals surface area contributed by atoms with Crippen molar-refractivity contribution in [1.29, 1.82) is 0 Å². The van der Waals surface area contributed by atoms with Crippen LogP contribution in [0.5, 0.6) is 0 Å². The van der Waals surface area contributed by atoms with Gasteiger partial charge < -0.3 is 15.5 Å². The van der Waals surface area contributed by atoms with Gasteiger partial charge in [-0.15, -0.1) is 0 Å². The summed E-state index contributed by atoms with van der Waals surface area (Å²) in [7, 11) is 1.83. The molecule has 0 bridgehead atoms. The molecule has 29 heavy (non-hydrogen) atoms. The number of aliphatic imine (C=N–C) groups is 1. The fourth-order valence-corrected chi connectivity index (χ4v) is 4.12. The molecule has 1 saturated carbocycles. The van der Waals surface area contributed by atoms with Crippen molar-refractivity contribution in [3.63, 3.8) is 0 Å². The molecule has 5 nitrogen and oxygen atoms in total. The first-order valence-corrected chi connectivity index (χ1v) is 10.9. The number of benzene rings is 1. The van der Waals surface area contributed by atoms with E-state index in [0.29, 0.717) is 0 Å². The van der Waals surface area contributed by atoms with E-state index < -0.39 is 0 Å². The molecule has 154 valence electrons. The van der Waals surface area contributed by atoms with Crippen LogP contribution in [0.2, 0.25) is 0 Å². The molecule has 0 unspecified atom stereocenters. The molecule has 0 amide bonds. The number of rotatable bonds is 6. The topological polar surface area (TPSA) is 52.6 Å². The molecule has 1 saturated heterocycles. The highest BCUT2D eigenvalue weighted by Gasteiger charge is 2.43. The van der Waals surface area contributed by atoms with Gasteiger partial charge in [-0.05, 0) is 48.8 Å². The van der Waals surface area contributed by atoms with Crippen molar-refractivity contribution >= 4 is 11.8 Å². The number of guanidine groups is 1. The van der Waals surface area contributed by atoms with E-state index in [2.05, 4.69) is 69.9 Å². The molecule has 0 atom stereocenters. The molecule has 2 heterocycles. The van der Waals surface area contributed by atoms with E-state index in [9.17, 15) is 0 Å². The molecule has 1 aliphatic carbocycles. The molecule has 2 fully saturated rings. The fraction of sp³-hybridized carbons (Fsp3) is 0.500. The number of hydrogen-bond donors (Lipinski definition) is 2. The second-order valence-electron chi connectivity index (χ2n) is 8.62. The Labute approximate surface area is 174 Å². The summed E-state index contributed by atoms with van der Waals surface area (Å²) in [6.07, 6.45) is 6.98. The summed E-state index contributed by atoms with van der Waals surface area (Å²) in [5.74, 6) is 2.79. The Morgan fingerprint density at radius 2 is 1.86 bits per heavy atom. The van der Waals surface area contributed by atoms with Crippen LogP contribution in [0, 0.1) is 5.92 Å². The molecule has 1 aliphatic heterocycles. The molecule has 4 rings (SSSR count). The second-order valence-corrected chi connectivity index (χ2v) is 8.62. The number of nitrogens with one attached hydrogen (secondary N) is 2. The maximum Gasteiger partial charge on any atom is 0.191 e. The highest BCUT2D eigenvalue weighted by Crippen LogP contribution is 2.47. The van der Waals surface area contributed by atoms with Crippen LogP contribution in [0.15, 0.2) is 53.7 Å². The van der Waals surface area contributed by atoms with Crippen molar-refractivity contribution in [3.05, 3.63) is 59.8 Å². The van der Waals surface area contributed by atoms with Gasteiger partial charge in [0.25, 0.3) is 0 Å². The van der Waals surface area contributed by atoms with Crippen LogP contribution < -0.4 is 15.5 Å². The van der Waals surface area contributed by atoms with Gasteiger partial charge in [0.2, 0.25) is 0 Å². The largest absolute Gasteiger partial charge is 0.357 e. The Hall–Kier alpha value is -2.56. The summed E-state index contributed by atoms with van der Waals surface area (Å²) in [6.45, 7) is 6.21. The van der Waals surface area contributed by atoms with Crippen molar-refractivity contribution in [1.82, 2.24) is 15.6 Å². The molecule has 0 radical (unpaired) electrons. The highest BCUT2D eigenvalue weighted by atomic mass is 15.2. The van der Waals surface area contributed by atoms with Crippen molar-refractivity contribution < 1.29 is 0 Å². The average Bonchev–Trinajstić information content (AvgIpc) is 3.57. The minimum absolute atomic E-state index is 0.272. The van der Waals surface area contributed by atoms with E-state index in [1.807, 2.05) is 13.2 Å². The van der Waals surface area contributed by atoms with E-state index in [0.717, 1.165) is 43.9 Å². The maximum atomic E-state index is 4.69. The van der Waals surface area contributed by atoms with E-state index >= 15 is 0 Å². The van der Waals surface area contributed by atoms with Gasteiger partial charge in [-0.1, -0.05) is 43.3 Å². The minimum atomic E-state index is 0.272. The SMILES string of the molecule is CN=C(NCc1ccc(N2CCC(C)CC2)nc1)NCC1(c2ccccc2)CC1. The number of nitrogens with zero attached hydrogens (tertiary/aromatic N) is 3. The maximum absolute atomic E-state index is 4.69. The van der Waals surface area contributed by atoms with Gasteiger partial charge in [-0.3, -0.25) is 4.99 Å².